The van der Waals surface area contributed by atoms with Crippen LogP contribution in [0.15, 0.2) is 18.2 Å². The van der Waals surface area contributed by atoms with Crippen LogP contribution in [-0.4, -0.2) is 45.9 Å². The smallest absolute Gasteiger partial charge is 0.253 e. The Balaban J connectivity index is 2.40. The highest BCUT2D eigenvalue weighted by molar-refractivity contribution is 5.97. The molecule has 0 saturated carbocycles. The van der Waals surface area contributed by atoms with E-state index in [1.54, 1.807) is 37.3 Å². The van der Waals surface area contributed by atoms with Gasteiger partial charge in [-0.3, -0.25) is 4.79 Å². The minimum absolute atomic E-state index is 0.0612. The normalized spacial score (nSPS) is 19.4. The van der Waals surface area contributed by atoms with Gasteiger partial charge in [-0.25, -0.2) is 0 Å². The molecule has 1 amide bonds. The molecular formula is C13H18N2O4. The van der Waals surface area contributed by atoms with Crippen LogP contribution >= 0.6 is 0 Å². The van der Waals surface area contributed by atoms with Crippen LogP contribution in [0.5, 0.6) is 11.5 Å². The molecule has 1 atom stereocenters. The Morgan fingerprint density at radius 2 is 2.21 bits per heavy atom. The van der Waals surface area contributed by atoms with Crippen molar-refractivity contribution in [1.29, 1.82) is 0 Å². The maximum absolute atomic E-state index is 12.0. The molecule has 1 fully saturated rings. The Kier molecular flexibility index (Phi) is 4.24. The molecule has 6 heteroatoms. The topological polar surface area (TPSA) is 74.0 Å². The molecule has 2 rings (SSSR count). The standard InChI is InChI=1S/C13H18N2O4/c1-17-10-3-4-11(12(5-10)18-2)15-9(6-14)7-19-8-13(15)16/h3-5,9H,6-8,14H2,1-2H3. The van der Waals surface area contributed by atoms with Crippen LogP contribution in [0.4, 0.5) is 5.69 Å². The number of hydrogen-bond donors (Lipinski definition) is 1. The van der Waals surface area contributed by atoms with E-state index in [0.29, 0.717) is 30.3 Å². The number of nitrogens with two attached hydrogens (primary N) is 1. The van der Waals surface area contributed by atoms with Gasteiger partial charge in [0.15, 0.2) is 0 Å². The second-order valence-corrected chi connectivity index (χ2v) is 4.21. The molecule has 0 aromatic heterocycles. The third-order valence-electron chi connectivity index (χ3n) is 3.09. The number of morpholine rings is 1. The molecule has 0 aliphatic carbocycles. The van der Waals surface area contributed by atoms with Gasteiger partial charge in [-0.1, -0.05) is 0 Å². The van der Waals surface area contributed by atoms with Crippen molar-refractivity contribution in [3.8, 4) is 11.5 Å². The third kappa shape index (κ3) is 2.64. The molecule has 0 spiro atoms. The Morgan fingerprint density at radius 3 is 2.84 bits per heavy atom. The predicted octanol–water partition coefficient (Wildman–Crippen LogP) is 0.394. The van der Waals surface area contributed by atoms with Crippen LogP contribution in [0.1, 0.15) is 0 Å². The fourth-order valence-electron chi connectivity index (χ4n) is 2.12. The van der Waals surface area contributed by atoms with Gasteiger partial charge in [-0.15, -0.1) is 0 Å². The van der Waals surface area contributed by atoms with Crippen molar-refractivity contribution in [2.24, 2.45) is 5.73 Å². The van der Waals surface area contributed by atoms with Crippen LogP contribution in [-0.2, 0) is 9.53 Å². The van der Waals surface area contributed by atoms with Gasteiger partial charge in [0, 0.05) is 12.6 Å². The molecule has 1 aliphatic rings. The Labute approximate surface area is 112 Å². The first-order chi connectivity index (χ1) is 9.21. The van der Waals surface area contributed by atoms with E-state index in [1.165, 1.54) is 0 Å². The molecule has 6 nitrogen and oxygen atoms in total. The van der Waals surface area contributed by atoms with Crippen LogP contribution < -0.4 is 20.1 Å². The van der Waals surface area contributed by atoms with Crippen molar-refractivity contribution < 1.29 is 19.0 Å². The van der Waals surface area contributed by atoms with E-state index in [9.17, 15) is 4.79 Å². The van der Waals surface area contributed by atoms with Crippen molar-refractivity contribution in [2.45, 2.75) is 6.04 Å². The Hall–Kier alpha value is -1.79. The van der Waals surface area contributed by atoms with Crippen LogP contribution in [0, 0.1) is 0 Å². The molecule has 19 heavy (non-hydrogen) atoms. The summed E-state index contributed by atoms with van der Waals surface area (Å²) in [5, 5.41) is 0. The summed E-state index contributed by atoms with van der Waals surface area (Å²) in [6, 6.07) is 5.15. The van der Waals surface area contributed by atoms with Gasteiger partial charge in [0.1, 0.15) is 18.1 Å². The average molecular weight is 266 g/mol. The molecule has 1 aliphatic heterocycles. The fourth-order valence-corrected chi connectivity index (χ4v) is 2.12. The van der Waals surface area contributed by atoms with E-state index in [2.05, 4.69) is 0 Å². The molecule has 0 bridgehead atoms. The minimum atomic E-state index is -0.177. The quantitative estimate of drug-likeness (QED) is 0.853. The molecule has 1 aromatic carbocycles. The van der Waals surface area contributed by atoms with Gasteiger partial charge in [0.2, 0.25) is 0 Å². The first kappa shape index (κ1) is 13.6. The molecular weight excluding hydrogens is 248 g/mol. The SMILES string of the molecule is COc1ccc(N2C(=O)COCC2CN)c(OC)c1. The molecule has 1 saturated heterocycles. The summed E-state index contributed by atoms with van der Waals surface area (Å²) < 4.78 is 15.7. The number of methoxy groups -OCH3 is 2. The maximum atomic E-state index is 12.0. The molecule has 1 unspecified atom stereocenters. The summed E-state index contributed by atoms with van der Waals surface area (Å²) in [6.07, 6.45) is 0. The lowest BCUT2D eigenvalue weighted by Gasteiger charge is -2.35. The van der Waals surface area contributed by atoms with Crippen molar-refractivity contribution in [3.05, 3.63) is 18.2 Å². The first-order valence-corrected chi connectivity index (χ1v) is 6.03. The number of benzene rings is 1. The lowest BCUT2D eigenvalue weighted by atomic mass is 10.1. The molecule has 104 valence electrons. The predicted molar refractivity (Wildman–Crippen MR) is 70.7 cm³/mol. The molecule has 2 N–H and O–H groups in total. The number of amides is 1. The van der Waals surface area contributed by atoms with Crippen molar-refractivity contribution in [1.82, 2.24) is 0 Å². The summed E-state index contributed by atoms with van der Waals surface area (Å²) in [5.74, 6) is 1.13. The van der Waals surface area contributed by atoms with Gasteiger partial charge in [-0.05, 0) is 12.1 Å². The molecule has 0 radical (unpaired) electrons. The monoisotopic (exact) mass is 266 g/mol. The number of rotatable bonds is 4. The second-order valence-electron chi connectivity index (χ2n) is 4.21. The van der Waals surface area contributed by atoms with E-state index in [0.717, 1.165) is 0 Å². The van der Waals surface area contributed by atoms with Gasteiger partial charge < -0.3 is 24.8 Å². The van der Waals surface area contributed by atoms with Crippen molar-refractivity contribution in [3.63, 3.8) is 0 Å². The zero-order valence-corrected chi connectivity index (χ0v) is 11.1. The number of nitrogens with zero attached hydrogens (tertiary/aromatic N) is 1. The first-order valence-electron chi connectivity index (χ1n) is 6.03. The summed E-state index contributed by atoms with van der Waals surface area (Å²) in [7, 11) is 3.14. The second kappa shape index (κ2) is 5.90. The van der Waals surface area contributed by atoms with E-state index >= 15 is 0 Å². The lowest BCUT2D eigenvalue weighted by molar-refractivity contribution is -0.127. The van der Waals surface area contributed by atoms with E-state index in [-0.39, 0.29) is 18.6 Å². The highest BCUT2D eigenvalue weighted by Crippen LogP contribution is 2.34. The van der Waals surface area contributed by atoms with E-state index in [1.807, 2.05) is 0 Å². The van der Waals surface area contributed by atoms with E-state index < -0.39 is 0 Å². The minimum Gasteiger partial charge on any atom is -0.497 e. The summed E-state index contributed by atoms with van der Waals surface area (Å²) in [6.45, 7) is 0.823. The van der Waals surface area contributed by atoms with E-state index in [4.69, 9.17) is 19.9 Å². The lowest BCUT2D eigenvalue weighted by Crippen LogP contribution is -2.53. The molecule has 1 heterocycles. The number of ether oxygens (including phenoxy) is 3. The van der Waals surface area contributed by atoms with Crippen LogP contribution in [0.25, 0.3) is 0 Å². The fraction of sp³-hybridized carbons (Fsp3) is 0.462. The van der Waals surface area contributed by atoms with Crippen molar-refractivity contribution in [2.75, 3.05) is 38.9 Å². The number of hydrogen-bond acceptors (Lipinski definition) is 5. The largest absolute Gasteiger partial charge is 0.497 e. The maximum Gasteiger partial charge on any atom is 0.253 e. The summed E-state index contributed by atoms with van der Waals surface area (Å²) >= 11 is 0. The summed E-state index contributed by atoms with van der Waals surface area (Å²) in [5.41, 5.74) is 6.39. The third-order valence-corrected chi connectivity index (χ3v) is 3.09. The van der Waals surface area contributed by atoms with Crippen LogP contribution in [0.3, 0.4) is 0 Å². The Morgan fingerprint density at radius 1 is 1.42 bits per heavy atom. The van der Waals surface area contributed by atoms with Gasteiger partial charge >= 0.3 is 0 Å². The van der Waals surface area contributed by atoms with Gasteiger partial charge in [-0.2, -0.15) is 0 Å². The zero-order chi connectivity index (χ0) is 13.8. The average Bonchev–Trinajstić information content (AvgIpc) is 2.46. The van der Waals surface area contributed by atoms with Crippen LogP contribution in [0.2, 0.25) is 0 Å². The van der Waals surface area contributed by atoms with Crippen molar-refractivity contribution >= 4 is 11.6 Å². The van der Waals surface area contributed by atoms with Gasteiger partial charge in [0.05, 0.1) is 32.6 Å². The highest BCUT2D eigenvalue weighted by atomic mass is 16.5. The number of carbonyl (C=O) groups excluding carboxylic acids is 1. The van der Waals surface area contributed by atoms with Gasteiger partial charge in [0.25, 0.3) is 5.91 Å². The highest BCUT2D eigenvalue weighted by Gasteiger charge is 2.31. The number of carbonyl (C=O) groups is 1. The Bertz CT molecular complexity index is 464. The summed E-state index contributed by atoms with van der Waals surface area (Å²) in [4.78, 5) is 13.7. The number of anilines is 1. The zero-order valence-electron chi connectivity index (χ0n) is 11.1. The molecule has 1 aromatic rings.